The lowest BCUT2D eigenvalue weighted by atomic mass is 10.0. The fraction of sp³-hybridized carbons (Fsp3) is 0.571. The van der Waals surface area contributed by atoms with Crippen molar-refractivity contribution in [2.24, 2.45) is 0 Å². The van der Waals surface area contributed by atoms with Crippen molar-refractivity contribution in [3.8, 4) is 0 Å². The summed E-state index contributed by atoms with van der Waals surface area (Å²) in [6.45, 7) is 4.99. The van der Waals surface area contributed by atoms with Crippen LogP contribution in [0.1, 0.15) is 51.9 Å². The SMILES string of the molecule is C=CCCCCCCC/C(C(=O)O)=C(\C)C(=O)O. The number of carbonyl (C=O) groups is 2. The zero-order chi connectivity index (χ0) is 14.0. The Morgan fingerprint density at radius 1 is 1.00 bits per heavy atom. The van der Waals surface area contributed by atoms with Gasteiger partial charge in [-0.25, -0.2) is 9.59 Å². The molecule has 18 heavy (non-hydrogen) atoms. The molecule has 0 unspecified atom stereocenters. The summed E-state index contributed by atoms with van der Waals surface area (Å²) in [6, 6.07) is 0. The summed E-state index contributed by atoms with van der Waals surface area (Å²) < 4.78 is 0. The molecule has 0 saturated heterocycles. The van der Waals surface area contributed by atoms with Gasteiger partial charge in [0.1, 0.15) is 0 Å². The second-order valence-corrected chi connectivity index (χ2v) is 4.31. The van der Waals surface area contributed by atoms with E-state index in [1.54, 1.807) is 0 Å². The molecule has 4 nitrogen and oxygen atoms in total. The molecule has 0 heterocycles. The molecule has 0 aliphatic carbocycles. The molecule has 0 saturated carbocycles. The number of aliphatic carboxylic acids is 2. The van der Waals surface area contributed by atoms with Crippen molar-refractivity contribution in [1.82, 2.24) is 0 Å². The predicted molar refractivity (Wildman–Crippen MR) is 70.5 cm³/mol. The van der Waals surface area contributed by atoms with Crippen LogP contribution in [0, 0.1) is 0 Å². The number of allylic oxidation sites excluding steroid dienone is 1. The number of rotatable bonds is 10. The molecule has 4 heteroatoms. The van der Waals surface area contributed by atoms with E-state index in [-0.39, 0.29) is 11.1 Å². The minimum atomic E-state index is -1.15. The maximum absolute atomic E-state index is 10.9. The van der Waals surface area contributed by atoms with Crippen molar-refractivity contribution in [3.63, 3.8) is 0 Å². The normalized spacial score (nSPS) is 11.8. The second-order valence-electron chi connectivity index (χ2n) is 4.31. The number of hydrogen-bond acceptors (Lipinski definition) is 2. The maximum atomic E-state index is 10.9. The minimum Gasteiger partial charge on any atom is -0.478 e. The third kappa shape index (κ3) is 6.89. The van der Waals surface area contributed by atoms with E-state index in [0.717, 1.165) is 38.5 Å². The minimum absolute atomic E-state index is 0.0218. The smallest absolute Gasteiger partial charge is 0.332 e. The third-order valence-electron chi connectivity index (χ3n) is 2.87. The Kier molecular flexibility index (Phi) is 8.62. The molecule has 0 spiro atoms. The van der Waals surface area contributed by atoms with Crippen LogP contribution in [-0.2, 0) is 9.59 Å². The van der Waals surface area contributed by atoms with E-state index >= 15 is 0 Å². The average molecular weight is 254 g/mol. The van der Waals surface area contributed by atoms with Gasteiger partial charge in [0, 0.05) is 11.1 Å². The van der Waals surface area contributed by atoms with Crippen molar-refractivity contribution in [3.05, 3.63) is 23.8 Å². The fourth-order valence-corrected chi connectivity index (χ4v) is 1.70. The van der Waals surface area contributed by atoms with Gasteiger partial charge in [0.05, 0.1) is 0 Å². The summed E-state index contributed by atoms with van der Waals surface area (Å²) in [5.41, 5.74) is -0.0391. The lowest BCUT2D eigenvalue weighted by Crippen LogP contribution is -2.09. The van der Waals surface area contributed by atoms with Gasteiger partial charge in [-0.05, 0) is 32.6 Å². The standard InChI is InChI=1S/C14H22O4/c1-3-4-5-6-7-8-9-10-12(14(17)18)11(2)13(15)16/h3H,1,4-10H2,2H3,(H,15,16)(H,17,18)/b12-11-. The molecule has 0 bridgehead atoms. The van der Waals surface area contributed by atoms with E-state index in [2.05, 4.69) is 6.58 Å². The third-order valence-corrected chi connectivity index (χ3v) is 2.87. The Labute approximate surface area is 108 Å². The zero-order valence-corrected chi connectivity index (χ0v) is 10.9. The van der Waals surface area contributed by atoms with Gasteiger partial charge >= 0.3 is 11.9 Å². The van der Waals surface area contributed by atoms with E-state index < -0.39 is 11.9 Å². The zero-order valence-electron chi connectivity index (χ0n) is 10.9. The van der Waals surface area contributed by atoms with Gasteiger partial charge in [0.25, 0.3) is 0 Å². The molecule has 0 amide bonds. The molecule has 0 aromatic carbocycles. The Morgan fingerprint density at radius 3 is 2.06 bits per heavy atom. The van der Waals surface area contributed by atoms with Crippen molar-refractivity contribution >= 4 is 11.9 Å². The molecule has 0 aliphatic rings. The van der Waals surface area contributed by atoms with Gasteiger partial charge in [-0.15, -0.1) is 6.58 Å². The second kappa shape index (κ2) is 9.45. The molecule has 0 aliphatic heterocycles. The molecular formula is C14H22O4. The first-order chi connectivity index (χ1) is 8.50. The van der Waals surface area contributed by atoms with E-state index in [1.165, 1.54) is 6.92 Å². The lowest BCUT2D eigenvalue weighted by molar-refractivity contribution is -0.136. The van der Waals surface area contributed by atoms with Gasteiger partial charge < -0.3 is 10.2 Å². The van der Waals surface area contributed by atoms with Crippen LogP contribution in [0.2, 0.25) is 0 Å². The Morgan fingerprint density at radius 2 is 1.56 bits per heavy atom. The summed E-state index contributed by atoms with van der Waals surface area (Å²) in [4.78, 5) is 21.6. The van der Waals surface area contributed by atoms with Crippen LogP contribution < -0.4 is 0 Å². The first-order valence-electron chi connectivity index (χ1n) is 6.28. The summed E-state index contributed by atoms with van der Waals surface area (Å²) in [7, 11) is 0. The first-order valence-corrected chi connectivity index (χ1v) is 6.28. The molecule has 2 N–H and O–H groups in total. The van der Waals surface area contributed by atoms with E-state index in [0.29, 0.717) is 6.42 Å². The van der Waals surface area contributed by atoms with Gasteiger partial charge in [0.15, 0.2) is 0 Å². The number of carboxylic acid groups (broad SMARTS) is 2. The molecule has 0 rings (SSSR count). The highest BCUT2D eigenvalue weighted by molar-refractivity contribution is 5.98. The van der Waals surface area contributed by atoms with Crippen LogP contribution in [0.25, 0.3) is 0 Å². The predicted octanol–water partition coefficient (Wildman–Crippen LogP) is 3.39. The highest BCUT2D eigenvalue weighted by Gasteiger charge is 2.15. The van der Waals surface area contributed by atoms with E-state index in [9.17, 15) is 9.59 Å². The van der Waals surface area contributed by atoms with Crippen LogP contribution in [-0.4, -0.2) is 22.2 Å². The summed E-state index contributed by atoms with van der Waals surface area (Å²) in [5, 5.41) is 17.7. The largest absolute Gasteiger partial charge is 0.478 e. The van der Waals surface area contributed by atoms with Crippen molar-refractivity contribution in [2.45, 2.75) is 51.9 Å². The van der Waals surface area contributed by atoms with Gasteiger partial charge in [-0.3, -0.25) is 0 Å². The molecule has 0 radical (unpaired) electrons. The van der Waals surface area contributed by atoms with Crippen molar-refractivity contribution in [2.75, 3.05) is 0 Å². The molecular weight excluding hydrogens is 232 g/mol. The topological polar surface area (TPSA) is 74.6 Å². The Balaban J connectivity index is 4.01. The van der Waals surface area contributed by atoms with Crippen LogP contribution >= 0.6 is 0 Å². The van der Waals surface area contributed by atoms with Gasteiger partial charge in [-0.2, -0.15) is 0 Å². The summed E-state index contributed by atoms with van der Waals surface area (Å²) >= 11 is 0. The molecule has 0 fully saturated rings. The van der Waals surface area contributed by atoms with Crippen LogP contribution in [0.3, 0.4) is 0 Å². The van der Waals surface area contributed by atoms with Gasteiger partial charge in [0.2, 0.25) is 0 Å². The summed E-state index contributed by atoms with van der Waals surface area (Å²) in [5.74, 6) is -2.28. The molecule has 0 atom stereocenters. The summed E-state index contributed by atoms with van der Waals surface area (Å²) in [6.07, 6.45) is 8.15. The Bertz CT molecular complexity index is 329. The van der Waals surface area contributed by atoms with E-state index in [4.69, 9.17) is 10.2 Å². The van der Waals surface area contributed by atoms with Crippen LogP contribution in [0.4, 0.5) is 0 Å². The first kappa shape index (κ1) is 16.4. The Hall–Kier alpha value is -1.58. The number of carboxylic acids is 2. The molecule has 102 valence electrons. The van der Waals surface area contributed by atoms with E-state index in [1.807, 2.05) is 6.08 Å². The highest BCUT2D eigenvalue weighted by atomic mass is 16.4. The average Bonchev–Trinajstić information content (AvgIpc) is 2.31. The molecule has 0 aromatic rings. The fourth-order valence-electron chi connectivity index (χ4n) is 1.70. The van der Waals surface area contributed by atoms with Crippen molar-refractivity contribution in [1.29, 1.82) is 0 Å². The highest BCUT2D eigenvalue weighted by Crippen LogP contribution is 2.15. The maximum Gasteiger partial charge on any atom is 0.332 e. The quantitative estimate of drug-likeness (QED) is 0.356. The number of hydrogen-bond donors (Lipinski definition) is 2. The monoisotopic (exact) mass is 254 g/mol. The molecule has 0 aromatic heterocycles. The van der Waals surface area contributed by atoms with Crippen LogP contribution in [0.5, 0.6) is 0 Å². The van der Waals surface area contributed by atoms with Crippen molar-refractivity contribution < 1.29 is 19.8 Å². The van der Waals surface area contributed by atoms with Gasteiger partial charge in [-0.1, -0.05) is 25.3 Å². The lowest BCUT2D eigenvalue weighted by Gasteiger charge is -2.05. The van der Waals surface area contributed by atoms with Crippen LogP contribution in [0.15, 0.2) is 23.8 Å². The number of unbranched alkanes of at least 4 members (excludes halogenated alkanes) is 5.